The van der Waals surface area contributed by atoms with Crippen molar-refractivity contribution in [2.75, 3.05) is 14.1 Å². The molecular formula is C14H28N+. The topological polar surface area (TPSA) is 0 Å². The average Bonchev–Trinajstić information content (AvgIpc) is 2.43. The molecule has 3 atom stereocenters. The second-order valence-electron chi connectivity index (χ2n) is 6.23. The maximum absolute atomic E-state index is 2.51. The predicted octanol–water partition coefficient (Wildman–Crippen LogP) is 3.58. The van der Waals surface area contributed by atoms with Crippen LogP contribution in [0.5, 0.6) is 0 Å². The summed E-state index contributed by atoms with van der Waals surface area (Å²) in [7, 11) is 5.02. The van der Waals surface area contributed by atoms with Gasteiger partial charge in [-0.25, -0.2) is 0 Å². The Morgan fingerprint density at radius 2 is 1.60 bits per heavy atom. The van der Waals surface area contributed by atoms with Crippen LogP contribution in [0.3, 0.4) is 0 Å². The molecule has 0 unspecified atom stereocenters. The van der Waals surface area contributed by atoms with E-state index in [0.29, 0.717) is 0 Å². The number of fused-ring (bicyclic) bond motifs is 2. The first-order chi connectivity index (χ1) is 7.16. The lowest BCUT2D eigenvalue weighted by atomic mass is 9.88. The van der Waals surface area contributed by atoms with Gasteiger partial charge in [0.05, 0.1) is 26.2 Å². The van der Waals surface area contributed by atoms with E-state index in [2.05, 4.69) is 21.0 Å². The number of rotatable bonds is 1. The zero-order chi connectivity index (χ0) is 10.9. The molecule has 0 aliphatic carbocycles. The van der Waals surface area contributed by atoms with Gasteiger partial charge in [0.25, 0.3) is 0 Å². The third-order valence-electron chi connectivity index (χ3n) is 5.26. The highest BCUT2D eigenvalue weighted by atomic mass is 15.4. The first-order valence-electron chi connectivity index (χ1n) is 6.99. The lowest BCUT2D eigenvalue weighted by Crippen LogP contribution is -2.56. The van der Waals surface area contributed by atoms with Crippen LogP contribution in [0.25, 0.3) is 0 Å². The van der Waals surface area contributed by atoms with Gasteiger partial charge >= 0.3 is 0 Å². The van der Waals surface area contributed by atoms with Gasteiger partial charge in [-0.05, 0) is 51.4 Å². The molecule has 0 spiro atoms. The fourth-order valence-electron chi connectivity index (χ4n) is 4.21. The van der Waals surface area contributed by atoms with Crippen LogP contribution in [-0.2, 0) is 0 Å². The number of nitrogens with zero attached hydrogens (tertiary/aromatic N) is 1. The molecule has 2 heterocycles. The van der Waals surface area contributed by atoms with Gasteiger partial charge in [-0.3, -0.25) is 0 Å². The number of quaternary nitrogens is 1. The van der Waals surface area contributed by atoms with E-state index < -0.39 is 0 Å². The van der Waals surface area contributed by atoms with E-state index in [1.165, 1.54) is 55.8 Å². The summed E-state index contributed by atoms with van der Waals surface area (Å²) in [4.78, 5) is 0. The quantitative estimate of drug-likeness (QED) is 0.580. The summed E-state index contributed by atoms with van der Waals surface area (Å²) < 4.78 is 1.33. The lowest BCUT2D eigenvalue weighted by Gasteiger charge is -2.44. The van der Waals surface area contributed by atoms with Gasteiger partial charge in [-0.15, -0.1) is 0 Å². The van der Waals surface area contributed by atoms with Gasteiger partial charge in [-0.1, -0.05) is 6.92 Å². The van der Waals surface area contributed by atoms with E-state index in [1.54, 1.807) is 0 Å². The fraction of sp³-hybridized carbons (Fsp3) is 1.00. The molecule has 1 heteroatoms. The highest BCUT2D eigenvalue weighted by Crippen LogP contribution is 2.39. The van der Waals surface area contributed by atoms with Crippen LogP contribution in [0, 0.1) is 5.92 Å². The molecule has 1 nitrogen and oxygen atoms in total. The molecule has 2 aliphatic rings. The molecule has 0 aromatic rings. The monoisotopic (exact) mass is 210 g/mol. The molecule has 88 valence electrons. The summed E-state index contributed by atoms with van der Waals surface area (Å²) in [6.07, 6.45) is 11.8. The van der Waals surface area contributed by atoms with Crippen molar-refractivity contribution in [1.82, 2.24) is 0 Å². The Balaban J connectivity index is 2.24. The van der Waals surface area contributed by atoms with Crippen molar-refractivity contribution < 1.29 is 4.48 Å². The molecule has 2 fully saturated rings. The van der Waals surface area contributed by atoms with Crippen molar-refractivity contribution >= 4 is 0 Å². The highest BCUT2D eigenvalue weighted by molar-refractivity contribution is 4.79. The first kappa shape index (κ1) is 11.4. The summed E-state index contributed by atoms with van der Waals surface area (Å²) >= 11 is 0. The van der Waals surface area contributed by atoms with E-state index in [-0.39, 0.29) is 0 Å². The first-order valence-corrected chi connectivity index (χ1v) is 6.99. The Morgan fingerprint density at radius 3 is 2.33 bits per heavy atom. The predicted molar refractivity (Wildman–Crippen MR) is 65.8 cm³/mol. The molecule has 0 aromatic heterocycles. The number of hydrogen-bond acceptors (Lipinski definition) is 0. The molecule has 2 aliphatic heterocycles. The van der Waals surface area contributed by atoms with Crippen LogP contribution in [-0.4, -0.2) is 30.7 Å². The molecule has 2 bridgehead atoms. The fourth-order valence-corrected chi connectivity index (χ4v) is 4.21. The summed E-state index contributed by atoms with van der Waals surface area (Å²) in [6, 6.07) is 1.93. The van der Waals surface area contributed by atoms with Crippen molar-refractivity contribution in [3.63, 3.8) is 0 Å². The van der Waals surface area contributed by atoms with Crippen molar-refractivity contribution in [3.05, 3.63) is 0 Å². The minimum Gasteiger partial charge on any atom is -0.323 e. The Kier molecular flexibility index (Phi) is 3.39. The third kappa shape index (κ3) is 2.08. The van der Waals surface area contributed by atoms with E-state index in [1.807, 2.05) is 0 Å². The zero-order valence-corrected chi connectivity index (χ0v) is 10.8. The Labute approximate surface area is 95.4 Å². The Morgan fingerprint density at radius 1 is 0.933 bits per heavy atom. The van der Waals surface area contributed by atoms with Crippen molar-refractivity contribution in [1.29, 1.82) is 0 Å². The Hall–Kier alpha value is -0.0400. The van der Waals surface area contributed by atoms with Crippen LogP contribution in [0.1, 0.15) is 58.3 Å². The van der Waals surface area contributed by atoms with Crippen LogP contribution in [0.15, 0.2) is 0 Å². The third-order valence-corrected chi connectivity index (χ3v) is 5.26. The van der Waals surface area contributed by atoms with Gasteiger partial charge in [-0.2, -0.15) is 0 Å². The van der Waals surface area contributed by atoms with Gasteiger partial charge < -0.3 is 4.48 Å². The van der Waals surface area contributed by atoms with Gasteiger partial charge in [0.2, 0.25) is 0 Å². The molecule has 0 amide bonds. The van der Waals surface area contributed by atoms with E-state index in [0.717, 1.165) is 18.0 Å². The molecule has 2 saturated heterocycles. The standard InChI is InChI=1S/C14H28N/c1-4-12-8-7-10-13-9-5-6-11-14(12)15(13,2)3/h12-14H,4-11H2,1-3H3/q+1/t12-,13+,14+/m1/s1. The minimum atomic E-state index is 0.963. The summed E-state index contributed by atoms with van der Waals surface area (Å²) in [5.41, 5.74) is 0. The smallest absolute Gasteiger partial charge is 0.0916 e. The molecule has 0 saturated carbocycles. The van der Waals surface area contributed by atoms with E-state index in [4.69, 9.17) is 0 Å². The minimum absolute atomic E-state index is 0.963. The van der Waals surface area contributed by atoms with Crippen molar-refractivity contribution in [2.45, 2.75) is 70.4 Å². The van der Waals surface area contributed by atoms with Crippen LogP contribution in [0.2, 0.25) is 0 Å². The molecule has 2 rings (SSSR count). The highest BCUT2D eigenvalue weighted by Gasteiger charge is 2.43. The van der Waals surface area contributed by atoms with Crippen molar-refractivity contribution in [3.8, 4) is 0 Å². The van der Waals surface area contributed by atoms with Gasteiger partial charge in [0, 0.05) is 5.92 Å². The zero-order valence-electron chi connectivity index (χ0n) is 10.8. The van der Waals surface area contributed by atoms with Crippen molar-refractivity contribution in [2.24, 2.45) is 5.92 Å². The molecule has 0 radical (unpaired) electrons. The van der Waals surface area contributed by atoms with Gasteiger partial charge in [0.15, 0.2) is 0 Å². The molecule has 0 aromatic carbocycles. The summed E-state index contributed by atoms with van der Waals surface area (Å²) in [5.74, 6) is 1.00. The molecule has 15 heavy (non-hydrogen) atoms. The lowest BCUT2D eigenvalue weighted by molar-refractivity contribution is -0.940. The maximum Gasteiger partial charge on any atom is 0.0916 e. The molecular weight excluding hydrogens is 182 g/mol. The van der Waals surface area contributed by atoms with E-state index >= 15 is 0 Å². The molecule has 0 N–H and O–H groups in total. The van der Waals surface area contributed by atoms with Crippen LogP contribution >= 0.6 is 0 Å². The van der Waals surface area contributed by atoms with Gasteiger partial charge in [0.1, 0.15) is 0 Å². The number of hydrogen-bond donors (Lipinski definition) is 0. The largest absolute Gasteiger partial charge is 0.323 e. The average molecular weight is 210 g/mol. The Bertz CT molecular complexity index is 209. The second-order valence-corrected chi connectivity index (χ2v) is 6.23. The van der Waals surface area contributed by atoms with Crippen LogP contribution in [0.4, 0.5) is 0 Å². The SMILES string of the molecule is CC[C@@H]1CCC[C@@H]2CCCC[C@@H]1[N+]2(C)C. The normalized spacial score (nSPS) is 40.6. The van der Waals surface area contributed by atoms with E-state index in [9.17, 15) is 0 Å². The summed E-state index contributed by atoms with van der Waals surface area (Å²) in [6.45, 7) is 2.40. The second kappa shape index (κ2) is 4.45. The maximum atomic E-state index is 2.51. The van der Waals surface area contributed by atoms with Crippen LogP contribution < -0.4 is 0 Å². The summed E-state index contributed by atoms with van der Waals surface area (Å²) in [5, 5.41) is 0.